The van der Waals surface area contributed by atoms with Gasteiger partial charge in [-0.05, 0) is 17.5 Å². The Bertz CT molecular complexity index is 535. The molecule has 0 radical (unpaired) electrons. The number of hydrogen-bond acceptors (Lipinski definition) is 1. The molecular formula is C24H34O. The molecule has 1 nitrogen and oxygen atoms in total. The molecule has 0 amide bonds. The fourth-order valence-electron chi connectivity index (χ4n) is 3.25. The molecule has 136 valence electrons. The molecule has 0 bridgehead atoms. The Labute approximate surface area is 154 Å². The third-order valence-electron chi connectivity index (χ3n) is 4.79. The Morgan fingerprint density at radius 3 is 1.88 bits per heavy atom. The zero-order valence-corrected chi connectivity index (χ0v) is 15.8. The van der Waals surface area contributed by atoms with Crippen molar-refractivity contribution in [1.82, 2.24) is 0 Å². The van der Waals surface area contributed by atoms with Gasteiger partial charge < -0.3 is 4.74 Å². The van der Waals surface area contributed by atoms with Crippen LogP contribution >= 0.6 is 0 Å². The molecule has 0 fully saturated rings. The summed E-state index contributed by atoms with van der Waals surface area (Å²) < 4.78 is 6.27. The van der Waals surface area contributed by atoms with Crippen LogP contribution in [-0.4, -0.2) is 0 Å². The van der Waals surface area contributed by atoms with Gasteiger partial charge in [0.05, 0.1) is 12.7 Å². The molecule has 25 heavy (non-hydrogen) atoms. The predicted octanol–water partition coefficient (Wildman–Crippen LogP) is 7.48. The lowest BCUT2D eigenvalue weighted by Gasteiger charge is -2.18. The summed E-state index contributed by atoms with van der Waals surface area (Å²) in [6.45, 7) is 2.97. The van der Waals surface area contributed by atoms with Crippen molar-refractivity contribution in [2.45, 2.75) is 77.4 Å². The van der Waals surface area contributed by atoms with Crippen LogP contribution < -0.4 is 0 Å². The second-order valence-electron chi connectivity index (χ2n) is 6.96. The third-order valence-corrected chi connectivity index (χ3v) is 4.79. The van der Waals surface area contributed by atoms with Crippen LogP contribution in [0, 0.1) is 0 Å². The first-order chi connectivity index (χ1) is 12.4. The minimum absolute atomic E-state index is 0.210. The molecule has 0 aliphatic carbocycles. The predicted molar refractivity (Wildman–Crippen MR) is 108 cm³/mol. The molecule has 2 rings (SSSR count). The highest BCUT2D eigenvalue weighted by molar-refractivity contribution is 5.18. The fraction of sp³-hybridized carbons (Fsp3) is 0.500. The largest absolute Gasteiger partial charge is 0.369 e. The van der Waals surface area contributed by atoms with E-state index in [0.29, 0.717) is 6.61 Å². The van der Waals surface area contributed by atoms with Crippen molar-refractivity contribution in [1.29, 1.82) is 0 Å². The van der Waals surface area contributed by atoms with Crippen molar-refractivity contribution in [3.05, 3.63) is 71.8 Å². The smallest absolute Gasteiger partial charge is 0.0829 e. The SMILES string of the molecule is CCCCCCCCCCC(OCc1ccccc1)c1ccccc1. The first-order valence-corrected chi connectivity index (χ1v) is 10.1. The maximum Gasteiger partial charge on any atom is 0.0829 e. The van der Waals surface area contributed by atoms with Gasteiger partial charge in [-0.15, -0.1) is 0 Å². The standard InChI is InChI=1S/C24H34O/c1-2-3-4-5-6-7-8-15-20-24(23-18-13-10-14-19-23)25-21-22-16-11-9-12-17-22/h9-14,16-19,24H,2-8,15,20-21H2,1H3. The number of hydrogen-bond donors (Lipinski definition) is 0. The van der Waals surface area contributed by atoms with Gasteiger partial charge in [-0.25, -0.2) is 0 Å². The van der Waals surface area contributed by atoms with Gasteiger partial charge in [0.25, 0.3) is 0 Å². The Morgan fingerprint density at radius 2 is 1.24 bits per heavy atom. The summed E-state index contributed by atoms with van der Waals surface area (Å²) in [5, 5.41) is 0. The van der Waals surface area contributed by atoms with Gasteiger partial charge in [-0.2, -0.15) is 0 Å². The highest BCUT2D eigenvalue weighted by Crippen LogP contribution is 2.25. The van der Waals surface area contributed by atoms with Gasteiger partial charge in [-0.3, -0.25) is 0 Å². The summed E-state index contributed by atoms with van der Waals surface area (Å²) in [5.41, 5.74) is 2.56. The Hall–Kier alpha value is -1.60. The minimum atomic E-state index is 0.210. The lowest BCUT2D eigenvalue weighted by molar-refractivity contribution is 0.0321. The second kappa shape index (κ2) is 12.7. The molecule has 0 heterocycles. The molecule has 1 atom stereocenters. The lowest BCUT2D eigenvalue weighted by atomic mass is 10.0. The zero-order chi connectivity index (χ0) is 17.6. The van der Waals surface area contributed by atoms with E-state index in [1.165, 1.54) is 62.5 Å². The molecule has 0 aromatic heterocycles. The van der Waals surface area contributed by atoms with Gasteiger partial charge in [0.2, 0.25) is 0 Å². The van der Waals surface area contributed by atoms with Crippen LogP contribution in [0.2, 0.25) is 0 Å². The van der Waals surface area contributed by atoms with Crippen molar-refractivity contribution in [2.75, 3.05) is 0 Å². The summed E-state index contributed by atoms with van der Waals surface area (Å²) in [5.74, 6) is 0. The number of rotatable bonds is 13. The summed E-state index contributed by atoms with van der Waals surface area (Å²) in [6, 6.07) is 21.2. The zero-order valence-electron chi connectivity index (χ0n) is 15.8. The van der Waals surface area contributed by atoms with E-state index in [0.717, 1.165) is 6.42 Å². The molecule has 0 N–H and O–H groups in total. The Morgan fingerprint density at radius 1 is 0.680 bits per heavy atom. The van der Waals surface area contributed by atoms with Crippen LogP contribution in [0.3, 0.4) is 0 Å². The van der Waals surface area contributed by atoms with Crippen molar-refractivity contribution in [3.63, 3.8) is 0 Å². The van der Waals surface area contributed by atoms with Gasteiger partial charge in [0.15, 0.2) is 0 Å². The molecule has 0 saturated heterocycles. The number of benzene rings is 2. The highest BCUT2D eigenvalue weighted by atomic mass is 16.5. The molecule has 0 spiro atoms. The fourth-order valence-corrected chi connectivity index (χ4v) is 3.25. The maximum absolute atomic E-state index is 6.27. The quantitative estimate of drug-likeness (QED) is 0.344. The molecule has 2 aromatic carbocycles. The van der Waals surface area contributed by atoms with Crippen LogP contribution in [0.4, 0.5) is 0 Å². The van der Waals surface area contributed by atoms with Gasteiger partial charge in [0.1, 0.15) is 0 Å². The molecule has 0 saturated carbocycles. The second-order valence-corrected chi connectivity index (χ2v) is 6.96. The van der Waals surface area contributed by atoms with Crippen LogP contribution in [0.25, 0.3) is 0 Å². The normalized spacial score (nSPS) is 12.2. The van der Waals surface area contributed by atoms with Crippen molar-refractivity contribution in [2.24, 2.45) is 0 Å². The van der Waals surface area contributed by atoms with Crippen molar-refractivity contribution >= 4 is 0 Å². The molecular weight excluding hydrogens is 304 g/mol. The van der Waals surface area contributed by atoms with Crippen molar-refractivity contribution < 1.29 is 4.74 Å². The van der Waals surface area contributed by atoms with E-state index in [1.54, 1.807) is 0 Å². The Kier molecular flexibility index (Phi) is 10.0. The number of ether oxygens (including phenoxy) is 1. The average molecular weight is 339 g/mol. The highest BCUT2D eigenvalue weighted by Gasteiger charge is 2.11. The monoisotopic (exact) mass is 338 g/mol. The minimum Gasteiger partial charge on any atom is -0.369 e. The van der Waals surface area contributed by atoms with E-state index in [1.807, 2.05) is 0 Å². The van der Waals surface area contributed by atoms with Crippen LogP contribution in [-0.2, 0) is 11.3 Å². The van der Waals surface area contributed by atoms with E-state index in [9.17, 15) is 0 Å². The molecule has 1 unspecified atom stereocenters. The summed E-state index contributed by atoms with van der Waals surface area (Å²) >= 11 is 0. The van der Waals surface area contributed by atoms with Crippen molar-refractivity contribution in [3.8, 4) is 0 Å². The van der Waals surface area contributed by atoms with E-state index in [4.69, 9.17) is 4.74 Å². The average Bonchev–Trinajstić information content (AvgIpc) is 2.68. The van der Waals surface area contributed by atoms with Gasteiger partial charge >= 0.3 is 0 Å². The topological polar surface area (TPSA) is 9.23 Å². The molecule has 0 aliphatic rings. The molecule has 2 aromatic rings. The van der Waals surface area contributed by atoms with Crippen LogP contribution in [0.15, 0.2) is 60.7 Å². The van der Waals surface area contributed by atoms with E-state index < -0.39 is 0 Å². The number of unbranched alkanes of at least 4 members (excludes halogenated alkanes) is 7. The van der Waals surface area contributed by atoms with E-state index >= 15 is 0 Å². The van der Waals surface area contributed by atoms with Gasteiger partial charge in [0, 0.05) is 0 Å². The van der Waals surface area contributed by atoms with E-state index in [2.05, 4.69) is 67.6 Å². The lowest BCUT2D eigenvalue weighted by Crippen LogP contribution is -2.05. The summed E-state index contributed by atoms with van der Waals surface area (Å²) in [4.78, 5) is 0. The third kappa shape index (κ3) is 8.36. The molecule has 1 heteroatoms. The first kappa shape index (κ1) is 19.7. The summed E-state index contributed by atoms with van der Waals surface area (Å²) in [7, 11) is 0. The maximum atomic E-state index is 6.27. The van der Waals surface area contributed by atoms with Gasteiger partial charge in [-0.1, -0.05) is 119 Å². The first-order valence-electron chi connectivity index (χ1n) is 10.1. The molecule has 0 aliphatic heterocycles. The Balaban J connectivity index is 1.73. The van der Waals surface area contributed by atoms with Crippen LogP contribution in [0.5, 0.6) is 0 Å². The van der Waals surface area contributed by atoms with E-state index in [-0.39, 0.29) is 6.10 Å². The summed E-state index contributed by atoms with van der Waals surface area (Å²) in [6.07, 6.45) is 12.2. The van der Waals surface area contributed by atoms with Crippen LogP contribution in [0.1, 0.15) is 81.9 Å².